The van der Waals surface area contributed by atoms with Crippen LogP contribution in [0.4, 0.5) is 0 Å². The molecule has 0 radical (unpaired) electrons. The van der Waals surface area contributed by atoms with Gasteiger partial charge in [-0.15, -0.1) is 0 Å². The zero-order chi connectivity index (χ0) is 14.7. The molecule has 5 heteroatoms. The second-order valence-corrected chi connectivity index (χ2v) is 4.76. The fourth-order valence-electron chi connectivity index (χ4n) is 2.15. The molecule has 0 saturated heterocycles. The smallest absolute Gasteiger partial charge is 0.269 e. The maximum Gasteiger partial charge on any atom is 0.269 e. The van der Waals surface area contributed by atoms with Crippen molar-refractivity contribution in [1.82, 2.24) is 15.3 Å². The number of carbonyl (C=O) groups is 1. The van der Waals surface area contributed by atoms with Crippen LogP contribution in [-0.2, 0) is 6.42 Å². The highest BCUT2D eigenvalue weighted by molar-refractivity contribution is 5.92. The van der Waals surface area contributed by atoms with Gasteiger partial charge in [-0.1, -0.05) is 12.1 Å². The van der Waals surface area contributed by atoms with Gasteiger partial charge in [-0.25, -0.2) is 4.98 Å². The number of hydrogen-bond acceptors (Lipinski definition) is 4. The molecule has 0 saturated carbocycles. The Morgan fingerprint density at radius 3 is 3.00 bits per heavy atom. The number of hydrogen-bond donors (Lipinski definition) is 1. The molecule has 0 aliphatic carbocycles. The maximum atomic E-state index is 11.8. The van der Waals surface area contributed by atoms with Crippen LogP contribution in [-0.4, -0.2) is 22.4 Å². The molecule has 106 valence electrons. The molecule has 5 nitrogen and oxygen atoms in total. The number of aryl methyl sites for hydroxylation is 1. The van der Waals surface area contributed by atoms with Gasteiger partial charge in [-0.3, -0.25) is 9.78 Å². The third kappa shape index (κ3) is 3.08. The lowest BCUT2D eigenvalue weighted by Crippen LogP contribution is -2.26. The monoisotopic (exact) mass is 281 g/mol. The molecule has 2 aromatic heterocycles. The molecule has 1 aromatic carbocycles. The lowest BCUT2D eigenvalue weighted by atomic mass is 10.1. The van der Waals surface area contributed by atoms with E-state index in [1.807, 2.05) is 25.1 Å². The van der Waals surface area contributed by atoms with E-state index in [1.165, 1.54) is 0 Å². The molecule has 3 aromatic rings. The maximum absolute atomic E-state index is 11.8. The fourth-order valence-corrected chi connectivity index (χ4v) is 2.15. The minimum atomic E-state index is -0.160. The van der Waals surface area contributed by atoms with Gasteiger partial charge in [0.1, 0.15) is 11.2 Å². The summed E-state index contributed by atoms with van der Waals surface area (Å²) in [6, 6.07) is 11.2. The number of rotatable bonds is 4. The van der Waals surface area contributed by atoms with Crippen molar-refractivity contribution in [2.24, 2.45) is 0 Å². The van der Waals surface area contributed by atoms with Crippen molar-refractivity contribution in [2.75, 3.05) is 6.54 Å². The molecular weight excluding hydrogens is 266 g/mol. The van der Waals surface area contributed by atoms with Crippen LogP contribution in [0.5, 0.6) is 0 Å². The first-order chi connectivity index (χ1) is 10.2. The third-order valence-corrected chi connectivity index (χ3v) is 3.16. The first-order valence-corrected chi connectivity index (χ1v) is 6.78. The van der Waals surface area contributed by atoms with Gasteiger partial charge in [0.2, 0.25) is 0 Å². The molecule has 21 heavy (non-hydrogen) atoms. The topological polar surface area (TPSA) is 68.0 Å². The Morgan fingerprint density at radius 1 is 1.29 bits per heavy atom. The van der Waals surface area contributed by atoms with E-state index in [4.69, 9.17) is 4.42 Å². The molecule has 2 heterocycles. The van der Waals surface area contributed by atoms with E-state index in [2.05, 4.69) is 15.3 Å². The van der Waals surface area contributed by atoms with Crippen molar-refractivity contribution < 1.29 is 9.21 Å². The SMILES string of the molecule is Cc1nc2ccc(CCNC(=O)c3ccccn3)cc2o1. The first kappa shape index (κ1) is 13.3. The quantitative estimate of drug-likeness (QED) is 0.797. The van der Waals surface area contributed by atoms with E-state index in [9.17, 15) is 4.79 Å². The summed E-state index contributed by atoms with van der Waals surface area (Å²) in [4.78, 5) is 20.1. The van der Waals surface area contributed by atoms with E-state index >= 15 is 0 Å². The van der Waals surface area contributed by atoms with Crippen LogP contribution < -0.4 is 5.32 Å². The summed E-state index contributed by atoms with van der Waals surface area (Å²) in [5.41, 5.74) is 3.16. The Kier molecular flexibility index (Phi) is 3.64. The van der Waals surface area contributed by atoms with Crippen molar-refractivity contribution >= 4 is 17.0 Å². The van der Waals surface area contributed by atoms with Gasteiger partial charge in [0, 0.05) is 19.7 Å². The summed E-state index contributed by atoms with van der Waals surface area (Å²) in [6.07, 6.45) is 2.34. The zero-order valence-corrected chi connectivity index (χ0v) is 11.7. The molecule has 0 fully saturated rings. The fraction of sp³-hybridized carbons (Fsp3) is 0.188. The Balaban J connectivity index is 1.60. The highest BCUT2D eigenvalue weighted by atomic mass is 16.3. The molecule has 0 aliphatic rings. The predicted molar refractivity (Wildman–Crippen MR) is 79.0 cm³/mol. The van der Waals surface area contributed by atoms with Crippen LogP contribution in [0.1, 0.15) is 21.9 Å². The summed E-state index contributed by atoms with van der Waals surface area (Å²) in [6.45, 7) is 2.38. The molecule has 0 spiro atoms. The number of carbonyl (C=O) groups excluding carboxylic acids is 1. The molecule has 0 aliphatic heterocycles. The van der Waals surface area contributed by atoms with Gasteiger partial charge >= 0.3 is 0 Å². The molecule has 0 unspecified atom stereocenters. The number of aromatic nitrogens is 2. The average molecular weight is 281 g/mol. The lowest BCUT2D eigenvalue weighted by molar-refractivity contribution is 0.0949. The number of nitrogens with zero attached hydrogens (tertiary/aromatic N) is 2. The van der Waals surface area contributed by atoms with Crippen molar-refractivity contribution in [3.63, 3.8) is 0 Å². The first-order valence-electron chi connectivity index (χ1n) is 6.78. The van der Waals surface area contributed by atoms with Crippen molar-refractivity contribution in [2.45, 2.75) is 13.3 Å². The summed E-state index contributed by atoms with van der Waals surface area (Å²) in [5.74, 6) is 0.498. The van der Waals surface area contributed by atoms with Crippen LogP contribution >= 0.6 is 0 Å². The Hall–Kier alpha value is -2.69. The normalized spacial score (nSPS) is 10.7. The summed E-state index contributed by atoms with van der Waals surface area (Å²) < 4.78 is 5.50. The highest BCUT2D eigenvalue weighted by Crippen LogP contribution is 2.16. The number of oxazole rings is 1. The Labute approximate surface area is 122 Å². The molecular formula is C16H15N3O2. The van der Waals surface area contributed by atoms with Gasteiger partial charge in [0.25, 0.3) is 5.91 Å². The predicted octanol–water partition coefficient (Wildman–Crippen LogP) is 2.50. The number of benzene rings is 1. The minimum absolute atomic E-state index is 0.160. The lowest BCUT2D eigenvalue weighted by Gasteiger charge is -2.04. The Morgan fingerprint density at radius 2 is 2.19 bits per heavy atom. The van der Waals surface area contributed by atoms with E-state index < -0.39 is 0 Å². The number of amides is 1. The van der Waals surface area contributed by atoms with Crippen LogP contribution in [0.15, 0.2) is 47.0 Å². The van der Waals surface area contributed by atoms with E-state index in [0.717, 1.165) is 23.1 Å². The molecule has 1 N–H and O–H groups in total. The number of pyridine rings is 1. The highest BCUT2D eigenvalue weighted by Gasteiger charge is 2.06. The second-order valence-electron chi connectivity index (χ2n) is 4.76. The summed E-state index contributed by atoms with van der Waals surface area (Å²) >= 11 is 0. The van der Waals surface area contributed by atoms with Crippen LogP contribution in [0.25, 0.3) is 11.1 Å². The van der Waals surface area contributed by atoms with Gasteiger partial charge in [0.15, 0.2) is 11.5 Å². The number of nitrogens with one attached hydrogen (secondary N) is 1. The third-order valence-electron chi connectivity index (χ3n) is 3.16. The Bertz CT molecular complexity index is 766. The number of fused-ring (bicyclic) bond motifs is 1. The van der Waals surface area contributed by atoms with Crippen LogP contribution in [0.3, 0.4) is 0 Å². The summed E-state index contributed by atoms with van der Waals surface area (Å²) in [7, 11) is 0. The molecule has 1 amide bonds. The van der Waals surface area contributed by atoms with Crippen molar-refractivity contribution in [3.8, 4) is 0 Å². The largest absolute Gasteiger partial charge is 0.441 e. The van der Waals surface area contributed by atoms with Gasteiger partial charge in [-0.05, 0) is 36.2 Å². The van der Waals surface area contributed by atoms with Gasteiger partial charge in [0.05, 0.1) is 0 Å². The van der Waals surface area contributed by atoms with Gasteiger partial charge < -0.3 is 9.73 Å². The standard InChI is InChI=1S/C16H15N3O2/c1-11-19-13-6-5-12(10-15(13)21-11)7-9-18-16(20)14-4-2-3-8-17-14/h2-6,8,10H,7,9H2,1H3,(H,18,20). The summed E-state index contributed by atoms with van der Waals surface area (Å²) in [5, 5.41) is 2.85. The minimum Gasteiger partial charge on any atom is -0.441 e. The van der Waals surface area contributed by atoms with Gasteiger partial charge in [-0.2, -0.15) is 0 Å². The average Bonchev–Trinajstić information content (AvgIpc) is 2.87. The second kappa shape index (κ2) is 5.75. The van der Waals surface area contributed by atoms with Crippen molar-refractivity contribution in [3.05, 3.63) is 59.7 Å². The molecule has 0 atom stereocenters. The zero-order valence-electron chi connectivity index (χ0n) is 11.7. The van der Waals surface area contributed by atoms with Crippen molar-refractivity contribution in [1.29, 1.82) is 0 Å². The van der Waals surface area contributed by atoms with E-state index in [1.54, 1.807) is 24.4 Å². The van der Waals surface area contributed by atoms with E-state index in [0.29, 0.717) is 18.1 Å². The van der Waals surface area contributed by atoms with Crippen LogP contribution in [0.2, 0.25) is 0 Å². The molecule has 3 rings (SSSR count). The van der Waals surface area contributed by atoms with Crippen LogP contribution in [0, 0.1) is 6.92 Å². The van der Waals surface area contributed by atoms with E-state index in [-0.39, 0.29) is 5.91 Å². The molecule has 0 bridgehead atoms.